The lowest BCUT2D eigenvalue weighted by atomic mass is 10.3. The van der Waals surface area contributed by atoms with Crippen LogP contribution in [-0.4, -0.2) is 28.3 Å². The van der Waals surface area contributed by atoms with Crippen LogP contribution in [0.25, 0.3) is 0 Å². The number of urea groups is 1. The van der Waals surface area contributed by atoms with Gasteiger partial charge in [-0.25, -0.2) is 9.78 Å². The second kappa shape index (κ2) is 9.61. The van der Waals surface area contributed by atoms with E-state index in [1.54, 1.807) is 42.4 Å². The number of aryl methyl sites for hydroxylation is 1. The van der Waals surface area contributed by atoms with E-state index in [2.05, 4.69) is 20.6 Å². The number of imidazole rings is 1. The molecular formula is C14H18Cl2N4OS. The van der Waals surface area contributed by atoms with Crippen molar-refractivity contribution in [3.63, 3.8) is 0 Å². The van der Waals surface area contributed by atoms with Crippen molar-refractivity contribution in [1.29, 1.82) is 0 Å². The molecule has 2 rings (SSSR count). The van der Waals surface area contributed by atoms with Gasteiger partial charge in [0.05, 0.1) is 12.0 Å². The number of benzene rings is 1. The summed E-state index contributed by atoms with van der Waals surface area (Å²) in [5, 5.41) is 6.13. The first-order valence-electron chi connectivity index (χ1n) is 6.52. The summed E-state index contributed by atoms with van der Waals surface area (Å²) in [6.07, 6.45) is 1.70. The molecule has 3 N–H and O–H groups in total. The van der Waals surface area contributed by atoms with Crippen molar-refractivity contribution in [2.24, 2.45) is 0 Å². The summed E-state index contributed by atoms with van der Waals surface area (Å²) in [7, 11) is 0. The van der Waals surface area contributed by atoms with E-state index in [9.17, 15) is 4.79 Å². The Morgan fingerprint density at radius 2 is 2.27 bits per heavy atom. The standard InChI is InChI=1S/C14H17ClN4OS.ClH/c1-10-13(18-9-17-10)8-21-6-5-16-14(20)19-12-4-2-3-11(15)7-12;/h2-4,7,9H,5-6,8H2,1H3,(H,17,18)(H2,16,19,20);1H. The molecule has 0 unspecified atom stereocenters. The third-order valence-electron chi connectivity index (χ3n) is 2.79. The third kappa shape index (κ3) is 6.17. The lowest BCUT2D eigenvalue weighted by Crippen LogP contribution is -2.30. The second-order valence-corrected chi connectivity index (χ2v) is 5.96. The fourth-order valence-electron chi connectivity index (χ4n) is 1.68. The van der Waals surface area contributed by atoms with Crippen LogP contribution >= 0.6 is 35.8 Å². The lowest BCUT2D eigenvalue weighted by molar-refractivity contribution is 0.252. The number of aromatic amines is 1. The van der Waals surface area contributed by atoms with Crippen molar-refractivity contribution in [3.05, 3.63) is 47.0 Å². The SMILES string of the molecule is Cc1[nH]cnc1CSCCNC(=O)Nc1cccc(Cl)c1.Cl. The smallest absolute Gasteiger partial charge is 0.319 e. The third-order valence-corrected chi connectivity index (χ3v) is 3.99. The molecule has 0 fully saturated rings. The molecule has 8 heteroatoms. The number of hydrogen-bond acceptors (Lipinski definition) is 3. The predicted molar refractivity (Wildman–Crippen MR) is 95.2 cm³/mol. The highest BCUT2D eigenvalue weighted by molar-refractivity contribution is 7.98. The average Bonchev–Trinajstić information content (AvgIpc) is 2.84. The highest BCUT2D eigenvalue weighted by atomic mass is 35.5. The van der Waals surface area contributed by atoms with Crippen LogP contribution in [0.3, 0.4) is 0 Å². The van der Waals surface area contributed by atoms with E-state index in [1.807, 2.05) is 6.92 Å². The Balaban J connectivity index is 0.00000242. The molecule has 0 atom stereocenters. The van der Waals surface area contributed by atoms with Crippen LogP contribution in [0.5, 0.6) is 0 Å². The van der Waals surface area contributed by atoms with Crippen LogP contribution in [0.1, 0.15) is 11.4 Å². The van der Waals surface area contributed by atoms with Crippen molar-refractivity contribution < 1.29 is 4.79 Å². The quantitative estimate of drug-likeness (QED) is 0.685. The van der Waals surface area contributed by atoms with E-state index in [-0.39, 0.29) is 18.4 Å². The summed E-state index contributed by atoms with van der Waals surface area (Å²) in [4.78, 5) is 18.9. The van der Waals surface area contributed by atoms with Crippen LogP contribution in [0.15, 0.2) is 30.6 Å². The number of nitrogens with one attached hydrogen (secondary N) is 3. The predicted octanol–water partition coefficient (Wildman–Crippen LogP) is 3.85. The van der Waals surface area contributed by atoms with Crippen molar-refractivity contribution in [2.75, 3.05) is 17.6 Å². The molecule has 0 aliphatic rings. The molecule has 2 aromatic rings. The molecule has 0 spiro atoms. The molecule has 22 heavy (non-hydrogen) atoms. The Morgan fingerprint density at radius 1 is 1.45 bits per heavy atom. The topological polar surface area (TPSA) is 69.8 Å². The number of thioether (sulfide) groups is 1. The molecule has 0 bridgehead atoms. The fraction of sp³-hybridized carbons (Fsp3) is 0.286. The Morgan fingerprint density at radius 3 is 2.95 bits per heavy atom. The fourth-order valence-corrected chi connectivity index (χ4v) is 2.75. The maximum Gasteiger partial charge on any atom is 0.319 e. The van der Waals surface area contributed by atoms with E-state index in [0.29, 0.717) is 17.3 Å². The van der Waals surface area contributed by atoms with Gasteiger partial charge < -0.3 is 15.6 Å². The van der Waals surface area contributed by atoms with Crippen LogP contribution in [0, 0.1) is 6.92 Å². The van der Waals surface area contributed by atoms with Crippen LogP contribution in [-0.2, 0) is 5.75 Å². The van der Waals surface area contributed by atoms with Gasteiger partial charge in [0, 0.05) is 34.5 Å². The number of carbonyl (C=O) groups excluding carboxylic acids is 1. The first-order valence-corrected chi connectivity index (χ1v) is 8.05. The van der Waals surface area contributed by atoms with Gasteiger partial charge in [-0.2, -0.15) is 11.8 Å². The first-order chi connectivity index (χ1) is 10.1. The van der Waals surface area contributed by atoms with Gasteiger partial charge in [0.2, 0.25) is 0 Å². The summed E-state index contributed by atoms with van der Waals surface area (Å²) in [6, 6.07) is 6.82. The van der Waals surface area contributed by atoms with Crippen LogP contribution in [0.2, 0.25) is 5.02 Å². The van der Waals surface area contributed by atoms with Gasteiger partial charge in [-0.1, -0.05) is 17.7 Å². The number of anilines is 1. The van der Waals surface area contributed by atoms with E-state index < -0.39 is 0 Å². The Bertz CT molecular complexity index is 606. The minimum Gasteiger partial charge on any atom is -0.348 e. The summed E-state index contributed by atoms with van der Waals surface area (Å²) >= 11 is 7.58. The van der Waals surface area contributed by atoms with E-state index in [4.69, 9.17) is 11.6 Å². The Labute approximate surface area is 145 Å². The van der Waals surface area contributed by atoms with Gasteiger partial charge in [0.25, 0.3) is 0 Å². The molecule has 5 nitrogen and oxygen atoms in total. The van der Waals surface area contributed by atoms with Crippen LogP contribution < -0.4 is 10.6 Å². The summed E-state index contributed by atoms with van der Waals surface area (Å²) in [6.45, 7) is 2.60. The van der Waals surface area contributed by atoms with Gasteiger partial charge in [0.1, 0.15) is 0 Å². The van der Waals surface area contributed by atoms with E-state index in [0.717, 1.165) is 22.9 Å². The highest BCUT2D eigenvalue weighted by Crippen LogP contribution is 2.14. The molecule has 0 aliphatic heterocycles. The molecule has 0 radical (unpaired) electrons. The number of nitrogens with zero attached hydrogens (tertiary/aromatic N) is 1. The Hall–Kier alpha value is -1.37. The molecule has 0 aliphatic carbocycles. The van der Waals surface area contributed by atoms with Gasteiger partial charge in [-0.05, 0) is 25.1 Å². The number of rotatable bonds is 6. The Kier molecular flexibility index (Phi) is 8.16. The van der Waals surface area contributed by atoms with E-state index in [1.165, 1.54) is 0 Å². The molecule has 1 aromatic heterocycles. The number of amides is 2. The zero-order valence-electron chi connectivity index (χ0n) is 12.1. The van der Waals surface area contributed by atoms with Crippen molar-refractivity contribution in [1.82, 2.24) is 15.3 Å². The molecular weight excluding hydrogens is 343 g/mol. The number of halogens is 2. The maximum absolute atomic E-state index is 11.7. The molecule has 1 aromatic carbocycles. The maximum atomic E-state index is 11.7. The van der Waals surface area contributed by atoms with Gasteiger partial charge in [-0.15, -0.1) is 12.4 Å². The van der Waals surface area contributed by atoms with Gasteiger partial charge in [-0.3, -0.25) is 0 Å². The molecule has 1 heterocycles. The summed E-state index contributed by atoms with van der Waals surface area (Å²) < 4.78 is 0. The highest BCUT2D eigenvalue weighted by Gasteiger charge is 2.03. The molecule has 2 amide bonds. The number of carbonyl (C=O) groups is 1. The molecule has 0 saturated carbocycles. The van der Waals surface area contributed by atoms with Gasteiger partial charge in [0.15, 0.2) is 0 Å². The lowest BCUT2D eigenvalue weighted by Gasteiger charge is -2.07. The zero-order chi connectivity index (χ0) is 15.1. The van der Waals surface area contributed by atoms with Crippen LogP contribution in [0.4, 0.5) is 10.5 Å². The first kappa shape index (κ1) is 18.7. The monoisotopic (exact) mass is 360 g/mol. The van der Waals surface area contributed by atoms with Gasteiger partial charge >= 0.3 is 6.03 Å². The van der Waals surface area contributed by atoms with Crippen molar-refractivity contribution >= 4 is 47.5 Å². The molecule has 120 valence electrons. The number of aromatic nitrogens is 2. The van der Waals surface area contributed by atoms with E-state index >= 15 is 0 Å². The summed E-state index contributed by atoms with van der Waals surface area (Å²) in [5.41, 5.74) is 2.83. The normalized spacial score (nSPS) is 9.91. The second-order valence-electron chi connectivity index (χ2n) is 4.42. The largest absolute Gasteiger partial charge is 0.348 e. The number of H-pyrrole nitrogens is 1. The van der Waals surface area contributed by atoms with Crippen molar-refractivity contribution in [2.45, 2.75) is 12.7 Å². The minimum atomic E-state index is -0.228. The van der Waals surface area contributed by atoms with Crippen molar-refractivity contribution in [3.8, 4) is 0 Å². The average molecular weight is 361 g/mol. The molecule has 0 saturated heterocycles. The summed E-state index contributed by atoms with van der Waals surface area (Å²) in [5.74, 6) is 1.67. The zero-order valence-corrected chi connectivity index (χ0v) is 14.4. The minimum absolute atomic E-state index is 0. The number of hydrogen-bond donors (Lipinski definition) is 3.